The summed E-state index contributed by atoms with van der Waals surface area (Å²) in [5, 5.41) is -0.0828. The van der Waals surface area contributed by atoms with Crippen LogP contribution >= 0.6 is 0 Å². The van der Waals surface area contributed by atoms with Crippen LogP contribution in [0.4, 0.5) is 44.3 Å². The molecule has 0 aliphatic heterocycles. The summed E-state index contributed by atoms with van der Waals surface area (Å²) in [4.78, 5) is 11.2. The summed E-state index contributed by atoms with van der Waals surface area (Å²) >= 11 is 0. The van der Waals surface area contributed by atoms with Crippen LogP contribution in [0, 0.1) is 5.41 Å². The van der Waals surface area contributed by atoms with Gasteiger partial charge in [0.05, 0.1) is 0 Å². The van der Waals surface area contributed by atoms with Gasteiger partial charge in [-0.15, -0.1) is 0 Å². The molecule has 1 atom stereocenters. The molecule has 1 amide bonds. The lowest BCUT2D eigenvalue weighted by molar-refractivity contribution is -0.387. The van der Waals surface area contributed by atoms with Crippen LogP contribution in [0.2, 0.25) is 0 Å². The number of hydrogen-bond acceptors (Lipinski definition) is 2. The molecule has 0 fully saturated rings. The van der Waals surface area contributed by atoms with E-state index in [-0.39, 0.29) is 5.32 Å². The summed E-state index contributed by atoms with van der Waals surface area (Å²) < 4.78 is 118. The average molecular weight is 363 g/mol. The third-order valence-electron chi connectivity index (χ3n) is 3.07. The average Bonchev–Trinajstić information content (AvgIpc) is 2.18. The largest absolute Gasteiger partial charge is 0.446 e. The van der Waals surface area contributed by atoms with Gasteiger partial charge in [0.2, 0.25) is 0 Å². The Labute approximate surface area is 125 Å². The molecular formula is C11H14F9NO2. The second-order valence-electron chi connectivity index (χ2n) is 5.78. The van der Waals surface area contributed by atoms with Crippen LogP contribution in [0.15, 0.2) is 0 Å². The fraction of sp³-hybridized carbons (Fsp3) is 0.909. The van der Waals surface area contributed by atoms with Crippen LogP contribution in [-0.2, 0) is 4.74 Å². The van der Waals surface area contributed by atoms with E-state index in [0.29, 0.717) is 0 Å². The summed E-state index contributed by atoms with van der Waals surface area (Å²) in [6.07, 6.45) is -24.4. The normalized spacial score (nSPS) is 16.0. The molecule has 23 heavy (non-hydrogen) atoms. The Kier molecular flexibility index (Phi) is 5.58. The monoisotopic (exact) mass is 363 g/mol. The molecule has 0 aliphatic rings. The minimum absolute atomic E-state index is 0.0828. The third kappa shape index (κ3) is 4.34. The lowest BCUT2D eigenvalue weighted by Crippen LogP contribution is -2.75. The SMILES string of the molecule is CC(OC(=O)NC(C(F)(F)F)(C(F)(F)F)C(F)(F)F)C(C)(C)C. The van der Waals surface area contributed by atoms with Gasteiger partial charge in [-0.2, -0.15) is 39.5 Å². The lowest BCUT2D eigenvalue weighted by Gasteiger charge is -2.39. The molecule has 1 unspecified atom stereocenters. The van der Waals surface area contributed by atoms with Crippen LogP contribution in [0.1, 0.15) is 27.7 Å². The van der Waals surface area contributed by atoms with E-state index < -0.39 is 41.7 Å². The fourth-order valence-corrected chi connectivity index (χ4v) is 1.21. The Morgan fingerprint density at radius 3 is 1.35 bits per heavy atom. The summed E-state index contributed by atoms with van der Waals surface area (Å²) in [7, 11) is 0. The highest BCUT2D eigenvalue weighted by molar-refractivity contribution is 5.69. The van der Waals surface area contributed by atoms with E-state index in [0.717, 1.165) is 6.92 Å². The van der Waals surface area contributed by atoms with Crippen LogP contribution < -0.4 is 5.32 Å². The number of halogens is 9. The van der Waals surface area contributed by atoms with E-state index in [1.807, 2.05) is 0 Å². The Morgan fingerprint density at radius 2 is 1.13 bits per heavy atom. The maximum Gasteiger partial charge on any atom is 0.429 e. The van der Waals surface area contributed by atoms with E-state index in [2.05, 4.69) is 4.74 Å². The summed E-state index contributed by atoms with van der Waals surface area (Å²) in [6, 6.07) is 0. The van der Waals surface area contributed by atoms with Gasteiger partial charge >= 0.3 is 30.2 Å². The first-order valence-electron chi connectivity index (χ1n) is 5.96. The topological polar surface area (TPSA) is 38.3 Å². The Bertz CT molecular complexity index is 395. The molecule has 0 rings (SSSR count). The summed E-state index contributed by atoms with van der Waals surface area (Å²) in [6.45, 7) is 5.34. The molecule has 0 aromatic rings. The number of carbonyl (C=O) groups excluding carboxylic acids is 1. The second kappa shape index (κ2) is 5.93. The lowest BCUT2D eigenvalue weighted by atomic mass is 9.90. The number of hydrogen-bond donors (Lipinski definition) is 1. The molecule has 0 saturated heterocycles. The van der Waals surface area contributed by atoms with Crippen LogP contribution in [0.25, 0.3) is 0 Å². The van der Waals surface area contributed by atoms with E-state index in [1.54, 1.807) is 0 Å². The number of alkyl halides is 9. The quantitative estimate of drug-likeness (QED) is 0.730. The van der Waals surface area contributed by atoms with Gasteiger partial charge in [-0.3, -0.25) is 5.32 Å². The van der Waals surface area contributed by atoms with Crippen molar-refractivity contribution in [2.24, 2.45) is 5.41 Å². The fourth-order valence-electron chi connectivity index (χ4n) is 1.21. The van der Waals surface area contributed by atoms with Crippen molar-refractivity contribution in [2.45, 2.75) is 57.9 Å². The highest BCUT2D eigenvalue weighted by Crippen LogP contribution is 2.52. The first-order chi connectivity index (χ1) is 9.77. The molecule has 0 aromatic carbocycles. The van der Waals surface area contributed by atoms with Crippen molar-refractivity contribution in [3.63, 3.8) is 0 Å². The van der Waals surface area contributed by atoms with E-state index >= 15 is 0 Å². The Hall–Kier alpha value is -1.36. The smallest absolute Gasteiger partial charge is 0.429 e. The number of rotatable bonds is 2. The molecule has 3 nitrogen and oxygen atoms in total. The minimum atomic E-state index is -6.88. The number of nitrogens with one attached hydrogen (secondary N) is 1. The predicted octanol–water partition coefficient (Wildman–Crippen LogP) is 4.57. The molecule has 0 bridgehead atoms. The van der Waals surface area contributed by atoms with Gasteiger partial charge < -0.3 is 4.74 Å². The number of amides is 1. The molecule has 0 saturated carbocycles. The molecule has 12 heteroatoms. The van der Waals surface area contributed by atoms with Crippen LogP contribution in [0.5, 0.6) is 0 Å². The van der Waals surface area contributed by atoms with E-state index in [4.69, 9.17) is 0 Å². The van der Waals surface area contributed by atoms with Crippen molar-refractivity contribution >= 4 is 6.09 Å². The van der Waals surface area contributed by atoms with Gasteiger partial charge in [0.25, 0.3) is 0 Å². The van der Waals surface area contributed by atoms with Crippen molar-refractivity contribution in [3.8, 4) is 0 Å². The number of ether oxygens (including phenoxy) is 1. The molecule has 0 heterocycles. The minimum Gasteiger partial charge on any atom is -0.446 e. The molecule has 0 radical (unpaired) electrons. The van der Waals surface area contributed by atoms with Gasteiger partial charge in [-0.25, -0.2) is 4.79 Å². The van der Waals surface area contributed by atoms with Crippen LogP contribution in [0.3, 0.4) is 0 Å². The van der Waals surface area contributed by atoms with Gasteiger partial charge in [0.15, 0.2) is 0 Å². The van der Waals surface area contributed by atoms with Gasteiger partial charge in [0.1, 0.15) is 6.10 Å². The van der Waals surface area contributed by atoms with Crippen molar-refractivity contribution < 1.29 is 49.0 Å². The maximum absolute atomic E-state index is 12.6. The standard InChI is InChI=1S/C11H14F9NO2/c1-5(7(2,3)4)23-6(22)21-8(9(12,13)14,10(15,16)17)11(18,19)20/h5H,1-4H3,(H,21,22). The highest BCUT2D eigenvalue weighted by Gasteiger charge is 2.85. The molecule has 0 aromatic heterocycles. The van der Waals surface area contributed by atoms with Gasteiger partial charge in [0, 0.05) is 0 Å². The number of carbonyl (C=O) groups is 1. The highest BCUT2D eigenvalue weighted by atomic mass is 19.4. The van der Waals surface area contributed by atoms with Crippen molar-refractivity contribution in [2.75, 3.05) is 0 Å². The molecule has 138 valence electrons. The van der Waals surface area contributed by atoms with Crippen molar-refractivity contribution in [3.05, 3.63) is 0 Å². The molecule has 0 aliphatic carbocycles. The zero-order valence-electron chi connectivity index (χ0n) is 12.3. The van der Waals surface area contributed by atoms with Gasteiger partial charge in [-0.05, 0) is 12.3 Å². The maximum atomic E-state index is 12.6. The van der Waals surface area contributed by atoms with Crippen LogP contribution in [-0.4, -0.2) is 36.3 Å². The first kappa shape index (κ1) is 21.6. The van der Waals surface area contributed by atoms with Gasteiger partial charge in [-0.1, -0.05) is 20.8 Å². The van der Waals surface area contributed by atoms with Crippen molar-refractivity contribution in [1.82, 2.24) is 5.32 Å². The predicted molar refractivity (Wildman–Crippen MR) is 59.4 cm³/mol. The summed E-state index contributed by atoms with van der Waals surface area (Å²) in [5.41, 5.74) is -7.35. The number of alkyl carbamates (subject to hydrolysis) is 1. The molecule has 1 N–H and O–H groups in total. The summed E-state index contributed by atoms with van der Waals surface area (Å²) in [5.74, 6) is 0. The second-order valence-corrected chi connectivity index (χ2v) is 5.78. The van der Waals surface area contributed by atoms with Crippen molar-refractivity contribution in [1.29, 1.82) is 0 Å². The first-order valence-corrected chi connectivity index (χ1v) is 5.96. The van der Waals surface area contributed by atoms with E-state index in [1.165, 1.54) is 20.8 Å². The zero-order chi connectivity index (χ0) is 19.1. The molecular weight excluding hydrogens is 349 g/mol. The third-order valence-corrected chi connectivity index (χ3v) is 3.07. The zero-order valence-corrected chi connectivity index (χ0v) is 12.3. The Balaban J connectivity index is 5.81. The molecule has 0 spiro atoms. The Morgan fingerprint density at radius 1 is 0.826 bits per heavy atom. The van der Waals surface area contributed by atoms with E-state index in [9.17, 15) is 44.3 Å².